The van der Waals surface area contributed by atoms with Gasteiger partial charge in [-0.05, 0) is 45.9 Å². The molecular weight excluding hydrogens is 218 g/mol. The van der Waals surface area contributed by atoms with Crippen LogP contribution >= 0.6 is 11.3 Å². The molecule has 0 saturated heterocycles. The van der Waals surface area contributed by atoms with Crippen LogP contribution in [0, 0.1) is 6.92 Å². The molecule has 0 fully saturated rings. The van der Waals surface area contributed by atoms with Crippen LogP contribution < -0.4 is 0 Å². The highest BCUT2D eigenvalue weighted by Crippen LogP contribution is 2.18. The number of rotatable bonds is 6. The molecule has 0 aliphatic heterocycles. The Labute approximate surface area is 103 Å². The summed E-state index contributed by atoms with van der Waals surface area (Å²) in [7, 11) is 0. The van der Waals surface area contributed by atoms with E-state index in [4.69, 9.17) is 0 Å². The average Bonchev–Trinajstić information content (AvgIpc) is 2.48. The van der Waals surface area contributed by atoms with Crippen LogP contribution in [0.25, 0.3) is 0 Å². The number of nitrogens with zero attached hydrogens (tertiary/aromatic N) is 1. The van der Waals surface area contributed by atoms with E-state index in [9.17, 15) is 5.11 Å². The second-order valence-corrected chi connectivity index (χ2v) is 6.41. The van der Waals surface area contributed by atoms with Crippen LogP contribution in [0.5, 0.6) is 0 Å². The van der Waals surface area contributed by atoms with Crippen molar-refractivity contribution >= 4 is 11.3 Å². The predicted molar refractivity (Wildman–Crippen MR) is 70.9 cm³/mol. The summed E-state index contributed by atoms with van der Waals surface area (Å²) in [5.74, 6) is 0. The normalized spacial score (nSPS) is 12.4. The Morgan fingerprint density at radius 2 is 2.06 bits per heavy atom. The molecule has 0 bridgehead atoms. The fraction of sp³-hybridized carbons (Fsp3) is 0.692. The SMILES string of the molecule is CCCN(Cc1ccc(C)s1)CC(C)(C)O. The number of thiophene rings is 1. The molecule has 1 aromatic rings. The third-order valence-corrected chi connectivity index (χ3v) is 3.31. The minimum Gasteiger partial charge on any atom is -0.389 e. The summed E-state index contributed by atoms with van der Waals surface area (Å²) in [4.78, 5) is 5.07. The molecule has 0 amide bonds. The van der Waals surface area contributed by atoms with E-state index < -0.39 is 5.60 Å². The summed E-state index contributed by atoms with van der Waals surface area (Å²) in [6, 6.07) is 4.35. The monoisotopic (exact) mass is 241 g/mol. The second kappa shape index (κ2) is 5.80. The van der Waals surface area contributed by atoms with Gasteiger partial charge in [-0.25, -0.2) is 0 Å². The molecule has 16 heavy (non-hydrogen) atoms. The first-order valence-electron chi connectivity index (χ1n) is 5.91. The molecule has 0 unspecified atom stereocenters. The second-order valence-electron chi connectivity index (χ2n) is 5.04. The van der Waals surface area contributed by atoms with Crippen LogP contribution in [0.2, 0.25) is 0 Å². The lowest BCUT2D eigenvalue weighted by Gasteiger charge is -2.28. The molecule has 1 aromatic heterocycles. The van der Waals surface area contributed by atoms with E-state index in [1.54, 1.807) is 0 Å². The van der Waals surface area contributed by atoms with Gasteiger partial charge >= 0.3 is 0 Å². The lowest BCUT2D eigenvalue weighted by molar-refractivity contribution is 0.0338. The first kappa shape index (κ1) is 13.7. The van der Waals surface area contributed by atoms with Gasteiger partial charge in [0.2, 0.25) is 0 Å². The van der Waals surface area contributed by atoms with Gasteiger partial charge < -0.3 is 5.11 Å². The maximum Gasteiger partial charge on any atom is 0.0718 e. The number of hydrogen-bond donors (Lipinski definition) is 1. The molecule has 92 valence electrons. The lowest BCUT2D eigenvalue weighted by atomic mass is 10.1. The van der Waals surface area contributed by atoms with Crippen molar-refractivity contribution in [2.45, 2.75) is 46.3 Å². The molecular formula is C13H23NOS. The minimum absolute atomic E-state index is 0.610. The molecule has 0 saturated carbocycles. The number of aryl methyl sites for hydroxylation is 1. The van der Waals surface area contributed by atoms with Crippen molar-refractivity contribution in [2.24, 2.45) is 0 Å². The Morgan fingerprint density at radius 1 is 1.38 bits per heavy atom. The average molecular weight is 241 g/mol. The fourth-order valence-electron chi connectivity index (χ4n) is 1.87. The van der Waals surface area contributed by atoms with Crippen LogP contribution in [-0.2, 0) is 6.54 Å². The van der Waals surface area contributed by atoms with Gasteiger partial charge in [0, 0.05) is 22.8 Å². The van der Waals surface area contributed by atoms with Gasteiger partial charge in [-0.1, -0.05) is 6.92 Å². The van der Waals surface area contributed by atoms with Crippen LogP contribution in [-0.4, -0.2) is 28.7 Å². The molecule has 0 aromatic carbocycles. The maximum atomic E-state index is 9.86. The molecule has 0 spiro atoms. The summed E-state index contributed by atoms with van der Waals surface area (Å²) in [5.41, 5.74) is -0.610. The van der Waals surface area contributed by atoms with Crippen molar-refractivity contribution in [2.75, 3.05) is 13.1 Å². The molecule has 2 nitrogen and oxygen atoms in total. The molecule has 1 rings (SSSR count). The smallest absolute Gasteiger partial charge is 0.0718 e. The maximum absolute atomic E-state index is 9.86. The van der Waals surface area contributed by atoms with Crippen molar-refractivity contribution in [3.8, 4) is 0 Å². The standard InChI is InChI=1S/C13H23NOS/c1-5-8-14(10-13(3,4)15)9-12-7-6-11(2)16-12/h6-7,15H,5,8-10H2,1-4H3. The van der Waals surface area contributed by atoms with Gasteiger partial charge in [-0.15, -0.1) is 11.3 Å². The van der Waals surface area contributed by atoms with Gasteiger partial charge in [0.15, 0.2) is 0 Å². The van der Waals surface area contributed by atoms with Crippen molar-refractivity contribution in [3.05, 3.63) is 21.9 Å². The van der Waals surface area contributed by atoms with Crippen LogP contribution in [0.4, 0.5) is 0 Å². The number of aliphatic hydroxyl groups is 1. The van der Waals surface area contributed by atoms with E-state index in [0.29, 0.717) is 0 Å². The van der Waals surface area contributed by atoms with Gasteiger partial charge in [-0.2, -0.15) is 0 Å². The highest BCUT2D eigenvalue weighted by Gasteiger charge is 2.18. The zero-order valence-corrected chi connectivity index (χ0v) is 11.6. The molecule has 1 heterocycles. The summed E-state index contributed by atoms with van der Waals surface area (Å²) in [6.45, 7) is 10.8. The number of hydrogen-bond acceptors (Lipinski definition) is 3. The molecule has 0 aliphatic carbocycles. The van der Waals surface area contributed by atoms with Crippen LogP contribution in [0.1, 0.15) is 36.9 Å². The molecule has 3 heteroatoms. The highest BCUT2D eigenvalue weighted by atomic mass is 32.1. The van der Waals surface area contributed by atoms with E-state index in [-0.39, 0.29) is 0 Å². The summed E-state index contributed by atoms with van der Waals surface area (Å²) >= 11 is 1.84. The minimum atomic E-state index is -0.610. The summed E-state index contributed by atoms with van der Waals surface area (Å²) in [5, 5.41) is 9.86. The van der Waals surface area contributed by atoms with Crippen LogP contribution in [0.3, 0.4) is 0 Å². The molecule has 0 atom stereocenters. The van der Waals surface area contributed by atoms with Gasteiger partial charge in [0.05, 0.1) is 5.60 Å². The summed E-state index contributed by atoms with van der Waals surface area (Å²) in [6.07, 6.45) is 1.13. The zero-order chi connectivity index (χ0) is 12.2. The Kier molecular flexibility index (Phi) is 4.96. The van der Waals surface area contributed by atoms with Crippen LogP contribution in [0.15, 0.2) is 12.1 Å². The molecule has 0 aliphatic rings. The van der Waals surface area contributed by atoms with Gasteiger partial charge in [0.25, 0.3) is 0 Å². The first-order chi connectivity index (χ1) is 7.40. The van der Waals surface area contributed by atoms with Gasteiger partial charge in [-0.3, -0.25) is 4.90 Å². The third-order valence-electron chi connectivity index (χ3n) is 2.33. The van der Waals surface area contributed by atoms with Crippen molar-refractivity contribution in [3.63, 3.8) is 0 Å². The topological polar surface area (TPSA) is 23.5 Å². The highest BCUT2D eigenvalue weighted by molar-refractivity contribution is 7.11. The van der Waals surface area contributed by atoms with E-state index >= 15 is 0 Å². The van der Waals surface area contributed by atoms with E-state index in [1.165, 1.54) is 9.75 Å². The first-order valence-corrected chi connectivity index (χ1v) is 6.72. The Hall–Kier alpha value is -0.380. The Morgan fingerprint density at radius 3 is 2.50 bits per heavy atom. The summed E-state index contributed by atoms with van der Waals surface area (Å²) < 4.78 is 0. The van der Waals surface area contributed by atoms with E-state index in [2.05, 4.69) is 30.9 Å². The Bertz CT molecular complexity index is 314. The van der Waals surface area contributed by atoms with E-state index in [0.717, 1.165) is 26.1 Å². The van der Waals surface area contributed by atoms with Crippen molar-refractivity contribution in [1.82, 2.24) is 4.90 Å². The van der Waals surface area contributed by atoms with Crippen molar-refractivity contribution < 1.29 is 5.11 Å². The Balaban J connectivity index is 2.57. The lowest BCUT2D eigenvalue weighted by Crippen LogP contribution is -2.38. The van der Waals surface area contributed by atoms with Gasteiger partial charge in [0.1, 0.15) is 0 Å². The molecule has 0 radical (unpaired) electrons. The largest absolute Gasteiger partial charge is 0.389 e. The predicted octanol–water partition coefficient (Wildman–Crippen LogP) is 3.04. The van der Waals surface area contributed by atoms with E-state index in [1.807, 2.05) is 25.2 Å². The van der Waals surface area contributed by atoms with Crippen molar-refractivity contribution in [1.29, 1.82) is 0 Å². The quantitative estimate of drug-likeness (QED) is 0.827. The fourth-order valence-corrected chi connectivity index (χ4v) is 2.80. The third kappa shape index (κ3) is 5.10. The zero-order valence-electron chi connectivity index (χ0n) is 10.8. The molecule has 1 N–H and O–H groups in total.